The molecule has 278 valence electrons. The number of hydrogen-bond acceptors (Lipinski definition) is 2. The van der Waals surface area contributed by atoms with Gasteiger partial charge in [0, 0.05) is 67.7 Å². The summed E-state index contributed by atoms with van der Waals surface area (Å²) in [6, 6.07) is 69.7. The van der Waals surface area contributed by atoms with Crippen molar-refractivity contribution in [2.24, 2.45) is 0 Å². The van der Waals surface area contributed by atoms with Gasteiger partial charge in [-0.2, -0.15) is 0 Å². The Morgan fingerprint density at radius 3 is 1.23 bits per heavy atom. The van der Waals surface area contributed by atoms with Crippen LogP contribution in [0.1, 0.15) is 0 Å². The summed E-state index contributed by atoms with van der Waals surface area (Å²) >= 11 is 0. The molecule has 5 nitrogen and oxygen atoms in total. The molecule has 0 N–H and O–H groups in total. The molecule has 2 aliphatic rings. The highest BCUT2D eigenvalue weighted by Crippen LogP contribution is 2.47. The third kappa shape index (κ3) is 4.21. The van der Waals surface area contributed by atoms with Gasteiger partial charge >= 0.3 is 0 Å². The average molecular weight is 766 g/mol. The number of para-hydroxylation sites is 6. The molecule has 5 heterocycles. The number of fused-ring (bicyclic) bond motifs is 14. The minimum Gasteiger partial charge on any atom is -0.458 e. The molecule has 60 heavy (non-hydrogen) atoms. The largest absolute Gasteiger partial charge is 0.458 e. The van der Waals surface area contributed by atoms with E-state index >= 15 is 0 Å². The molecule has 12 aromatic rings. The first-order valence-electron chi connectivity index (χ1n) is 20.5. The summed E-state index contributed by atoms with van der Waals surface area (Å²) in [5.74, 6) is 3.38. The van der Waals surface area contributed by atoms with Crippen molar-refractivity contribution < 1.29 is 9.47 Å². The molecule has 9 aromatic carbocycles. The van der Waals surface area contributed by atoms with Crippen molar-refractivity contribution in [2.75, 3.05) is 0 Å². The Hall–Kier alpha value is -7.96. The summed E-state index contributed by atoms with van der Waals surface area (Å²) in [6.45, 7) is -0.155. The number of hydrogen-bond donors (Lipinski definition) is 0. The summed E-state index contributed by atoms with van der Waals surface area (Å²) in [5.41, 5.74) is 13.4. The number of aromatic nitrogens is 3. The standard InChI is InChI=1S/C54H32BN3O2/c1-4-16-33(17-5-1)56-43-25-13-10-22-36(43)39-28-41-49(30-46(39)56)59-51-32-48-52(38-24-12-15-27-45(38)58(48)35-20-8-3-9-21-35)54-53(51)55(41)42-29-40-37-23-11-14-26-44(37)57(34-18-6-2-7-19-34)47(40)31-50(42)60-54/h1-32H. The zero-order valence-electron chi connectivity index (χ0n) is 32.2. The van der Waals surface area contributed by atoms with Gasteiger partial charge in [0.25, 0.3) is 6.71 Å². The number of rotatable bonds is 3. The van der Waals surface area contributed by atoms with Crippen molar-refractivity contribution in [2.45, 2.75) is 0 Å². The van der Waals surface area contributed by atoms with E-state index in [9.17, 15) is 0 Å². The lowest BCUT2D eigenvalue weighted by atomic mass is 9.34. The minimum atomic E-state index is -0.155. The van der Waals surface area contributed by atoms with Crippen LogP contribution in [-0.4, -0.2) is 20.4 Å². The van der Waals surface area contributed by atoms with Gasteiger partial charge in [-0.1, -0.05) is 121 Å². The van der Waals surface area contributed by atoms with Crippen molar-refractivity contribution in [3.63, 3.8) is 0 Å². The maximum Gasteiger partial charge on any atom is 0.260 e. The molecule has 6 heteroatoms. The van der Waals surface area contributed by atoms with Crippen LogP contribution in [0.5, 0.6) is 23.0 Å². The fourth-order valence-corrected chi connectivity index (χ4v) is 10.5. The smallest absolute Gasteiger partial charge is 0.260 e. The van der Waals surface area contributed by atoms with Crippen LogP contribution >= 0.6 is 0 Å². The van der Waals surface area contributed by atoms with E-state index in [1.807, 2.05) is 0 Å². The van der Waals surface area contributed by atoms with Crippen LogP contribution in [0.15, 0.2) is 194 Å². The van der Waals surface area contributed by atoms with Crippen molar-refractivity contribution in [1.82, 2.24) is 13.7 Å². The van der Waals surface area contributed by atoms with Gasteiger partial charge in [-0.15, -0.1) is 0 Å². The first-order valence-corrected chi connectivity index (χ1v) is 20.5. The second-order valence-electron chi connectivity index (χ2n) is 16.0. The highest BCUT2D eigenvalue weighted by molar-refractivity contribution is 6.98. The van der Waals surface area contributed by atoms with Gasteiger partial charge in [-0.3, -0.25) is 0 Å². The fourth-order valence-electron chi connectivity index (χ4n) is 10.5. The number of benzene rings is 9. The van der Waals surface area contributed by atoms with Crippen LogP contribution in [-0.2, 0) is 0 Å². The molecule has 14 rings (SSSR count). The zero-order chi connectivity index (χ0) is 39.1. The molecule has 0 atom stereocenters. The van der Waals surface area contributed by atoms with Crippen LogP contribution < -0.4 is 25.9 Å². The molecule has 0 amide bonds. The molecule has 2 aliphatic heterocycles. The van der Waals surface area contributed by atoms with Gasteiger partial charge in [-0.05, 0) is 65.5 Å². The fraction of sp³-hybridized carbons (Fsp3) is 0. The van der Waals surface area contributed by atoms with E-state index in [2.05, 4.69) is 208 Å². The summed E-state index contributed by atoms with van der Waals surface area (Å²) in [6.07, 6.45) is 0. The van der Waals surface area contributed by atoms with E-state index in [0.29, 0.717) is 0 Å². The van der Waals surface area contributed by atoms with Crippen LogP contribution in [0.4, 0.5) is 0 Å². The van der Waals surface area contributed by atoms with Gasteiger partial charge < -0.3 is 23.2 Å². The summed E-state index contributed by atoms with van der Waals surface area (Å²) in [4.78, 5) is 0. The Morgan fingerprint density at radius 2 is 0.717 bits per heavy atom. The van der Waals surface area contributed by atoms with E-state index in [0.717, 1.165) is 100 Å². The predicted octanol–water partition coefficient (Wildman–Crippen LogP) is 11.7. The molecular weight excluding hydrogens is 733 g/mol. The maximum absolute atomic E-state index is 7.41. The van der Waals surface area contributed by atoms with Crippen molar-refractivity contribution >= 4 is 88.5 Å². The van der Waals surface area contributed by atoms with Gasteiger partial charge in [0.15, 0.2) is 0 Å². The van der Waals surface area contributed by atoms with E-state index in [4.69, 9.17) is 9.47 Å². The quantitative estimate of drug-likeness (QED) is 0.168. The van der Waals surface area contributed by atoms with Crippen LogP contribution in [0, 0.1) is 0 Å². The predicted molar refractivity (Wildman–Crippen MR) is 247 cm³/mol. The SMILES string of the molecule is c1ccc(-n2c3ccccc3c3cc4c(cc32)Oc2cc3c(c5c2B4c2cc4c6ccccc6n(-c6ccccc6)c4cc2O5)c2ccccc2n3-c2ccccc2)cc1. The number of nitrogens with zero attached hydrogens (tertiary/aromatic N) is 3. The highest BCUT2D eigenvalue weighted by Gasteiger charge is 2.43. The first kappa shape index (κ1) is 32.1. The topological polar surface area (TPSA) is 33.2 Å². The molecule has 0 saturated heterocycles. The van der Waals surface area contributed by atoms with E-state index in [1.165, 1.54) is 21.5 Å². The molecule has 0 spiro atoms. The van der Waals surface area contributed by atoms with E-state index in [1.54, 1.807) is 0 Å². The van der Waals surface area contributed by atoms with Crippen LogP contribution in [0.25, 0.3) is 82.5 Å². The van der Waals surface area contributed by atoms with Crippen LogP contribution in [0.3, 0.4) is 0 Å². The lowest BCUT2D eigenvalue weighted by molar-refractivity contribution is 0.469. The second kappa shape index (κ2) is 11.8. The third-order valence-corrected chi connectivity index (χ3v) is 12.9. The van der Waals surface area contributed by atoms with Crippen molar-refractivity contribution in [3.8, 4) is 40.1 Å². The second-order valence-corrected chi connectivity index (χ2v) is 16.0. The van der Waals surface area contributed by atoms with Gasteiger partial charge in [0.05, 0.1) is 38.5 Å². The molecular formula is C54H32BN3O2. The molecule has 0 radical (unpaired) electrons. The first-order chi connectivity index (χ1) is 29.8. The lowest BCUT2D eigenvalue weighted by Gasteiger charge is -2.34. The summed E-state index contributed by atoms with van der Waals surface area (Å²) in [5, 5.41) is 7.03. The highest BCUT2D eigenvalue weighted by atomic mass is 16.5. The minimum absolute atomic E-state index is 0.155. The Morgan fingerprint density at radius 1 is 0.317 bits per heavy atom. The Labute approximate surface area is 344 Å². The van der Waals surface area contributed by atoms with Gasteiger partial charge in [-0.25, -0.2) is 0 Å². The van der Waals surface area contributed by atoms with Gasteiger partial charge in [0.2, 0.25) is 0 Å². The summed E-state index contributed by atoms with van der Waals surface area (Å²) in [7, 11) is 0. The Bertz CT molecular complexity index is 3750. The zero-order valence-corrected chi connectivity index (χ0v) is 32.2. The molecule has 0 aliphatic carbocycles. The summed E-state index contributed by atoms with van der Waals surface area (Å²) < 4.78 is 21.7. The maximum atomic E-state index is 7.41. The van der Waals surface area contributed by atoms with Gasteiger partial charge in [0.1, 0.15) is 23.0 Å². The average Bonchev–Trinajstić information content (AvgIpc) is 3.93. The molecule has 0 fully saturated rings. The van der Waals surface area contributed by atoms with Crippen molar-refractivity contribution in [3.05, 3.63) is 194 Å². The molecule has 3 aromatic heterocycles. The molecule has 0 saturated carbocycles. The Balaban J connectivity index is 1.13. The van der Waals surface area contributed by atoms with E-state index < -0.39 is 0 Å². The Kier molecular flexibility index (Phi) is 6.31. The third-order valence-electron chi connectivity index (χ3n) is 12.9. The number of ether oxygens (including phenoxy) is 2. The van der Waals surface area contributed by atoms with Crippen LogP contribution in [0.2, 0.25) is 0 Å². The molecule has 0 bridgehead atoms. The normalized spacial score (nSPS) is 12.9. The van der Waals surface area contributed by atoms with E-state index in [-0.39, 0.29) is 6.71 Å². The molecule has 0 unspecified atom stereocenters. The lowest BCUT2D eigenvalue weighted by Crippen LogP contribution is -2.57. The van der Waals surface area contributed by atoms with Crippen molar-refractivity contribution in [1.29, 1.82) is 0 Å². The monoisotopic (exact) mass is 765 g/mol.